The molecule has 0 bridgehead atoms. The Kier molecular flexibility index (Phi) is 9.81. The SMILES string of the molecule is CCCCCCCCCCCC1CCC(c2ccc(C(F)(F)F)cc2F)CC1. The van der Waals surface area contributed by atoms with Crippen molar-refractivity contribution in [3.63, 3.8) is 0 Å². The van der Waals surface area contributed by atoms with Crippen molar-refractivity contribution < 1.29 is 17.6 Å². The molecular formula is C24H36F4. The molecule has 1 fully saturated rings. The van der Waals surface area contributed by atoms with E-state index in [2.05, 4.69) is 6.92 Å². The molecule has 0 atom stereocenters. The molecule has 1 aromatic carbocycles. The van der Waals surface area contributed by atoms with Crippen LogP contribution >= 0.6 is 0 Å². The third kappa shape index (κ3) is 7.75. The second-order valence-electron chi connectivity index (χ2n) is 8.57. The van der Waals surface area contributed by atoms with Gasteiger partial charge >= 0.3 is 6.18 Å². The molecular weight excluding hydrogens is 364 g/mol. The Bertz CT molecular complexity index is 556. The van der Waals surface area contributed by atoms with Crippen molar-refractivity contribution in [2.24, 2.45) is 5.92 Å². The van der Waals surface area contributed by atoms with E-state index in [0.29, 0.717) is 17.5 Å². The minimum Gasteiger partial charge on any atom is -0.207 e. The first-order chi connectivity index (χ1) is 13.4. The van der Waals surface area contributed by atoms with E-state index >= 15 is 0 Å². The molecule has 1 aliphatic rings. The van der Waals surface area contributed by atoms with Gasteiger partial charge in [-0.3, -0.25) is 0 Å². The van der Waals surface area contributed by atoms with Crippen LogP contribution in [0.5, 0.6) is 0 Å². The lowest BCUT2D eigenvalue weighted by Crippen LogP contribution is -2.15. The number of hydrogen-bond acceptors (Lipinski definition) is 0. The van der Waals surface area contributed by atoms with Crippen molar-refractivity contribution in [2.75, 3.05) is 0 Å². The summed E-state index contributed by atoms with van der Waals surface area (Å²) in [6.45, 7) is 2.24. The third-order valence-electron chi connectivity index (χ3n) is 6.33. The molecule has 0 unspecified atom stereocenters. The highest BCUT2D eigenvalue weighted by Gasteiger charge is 2.32. The number of alkyl halides is 3. The molecule has 0 N–H and O–H groups in total. The molecule has 0 heterocycles. The van der Waals surface area contributed by atoms with Crippen LogP contribution in [0, 0.1) is 11.7 Å². The summed E-state index contributed by atoms with van der Waals surface area (Å²) in [6.07, 6.45) is 12.7. The highest BCUT2D eigenvalue weighted by Crippen LogP contribution is 2.40. The van der Waals surface area contributed by atoms with Crippen LogP contribution in [-0.2, 0) is 6.18 Å². The minimum absolute atomic E-state index is 0.0710. The van der Waals surface area contributed by atoms with Crippen LogP contribution < -0.4 is 0 Å². The largest absolute Gasteiger partial charge is 0.416 e. The van der Waals surface area contributed by atoms with E-state index in [4.69, 9.17) is 0 Å². The molecule has 1 aromatic rings. The zero-order valence-corrected chi connectivity index (χ0v) is 17.3. The summed E-state index contributed by atoms with van der Waals surface area (Å²) in [5.74, 6) is 0.0807. The first kappa shape index (κ1) is 23.2. The molecule has 4 heteroatoms. The molecule has 0 amide bonds. The fraction of sp³-hybridized carbons (Fsp3) is 0.750. The molecule has 0 aromatic heterocycles. The summed E-state index contributed by atoms with van der Waals surface area (Å²) in [6, 6.07) is 3.03. The lowest BCUT2D eigenvalue weighted by molar-refractivity contribution is -0.137. The average Bonchev–Trinajstić information content (AvgIpc) is 2.66. The zero-order valence-electron chi connectivity index (χ0n) is 17.3. The molecule has 0 saturated heterocycles. The summed E-state index contributed by atoms with van der Waals surface area (Å²) < 4.78 is 52.3. The van der Waals surface area contributed by atoms with Crippen LogP contribution in [-0.4, -0.2) is 0 Å². The van der Waals surface area contributed by atoms with Gasteiger partial charge in [-0.1, -0.05) is 77.2 Å². The van der Waals surface area contributed by atoms with Gasteiger partial charge in [-0.2, -0.15) is 13.2 Å². The van der Waals surface area contributed by atoms with Crippen LogP contribution in [0.1, 0.15) is 114 Å². The Morgan fingerprint density at radius 2 is 1.39 bits per heavy atom. The Morgan fingerprint density at radius 3 is 1.93 bits per heavy atom. The molecule has 1 aliphatic carbocycles. The van der Waals surface area contributed by atoms with Crippen molar-refractivity contribution in [3.05, 3.63) is 35.1 Å². The molecule has 28 heavy (non-hydrogen) atoms. The smallest absolute Gasteiger partial charge is 0.207 e. The Morgan fingerprint density at radius 1 is 0.821 bits per heavy atom. The van der Waals surface area contributed by atoms with Gasteiger partial charge in [0.15, 0.2) is 0 Å². The van der Waals surface area contributed by atoms with Gasteiger partial charge in [0.2, 0.25) is 0 Å². The monoisotopic (exact) mass is 400 g/mol. The van der Waals surface area contributed by atoms with E-state index in [9.17, 15) is 17.6 Å². The summed E-state index contributed by atoms with van der Waals surface area (Å²) >= 11 is 0. The second kappa shape index (κ2) is 11.8. The standard InChI is InChI=1S/C24H36F4/c1-2-3-4-5-6-7-8-9-10-11-19-12-14-20(15-13-19)22-17-16-21(18-23(22)25)24(26,27)28/h16-20H,2-15H2,1H3. The fourth-order valence-corrected chi connectivity index (χ4v) is 4.54. The molecule has 0 aliphatic heterocycles. The summed E-state index contributed by atoms with van der Waals surface area (Å²) in [5, 5.41) is 0. The van der Waals surface area contributed by atoms with Gasteiger partial charge in [-0.05, 0) is 55.2 Å². The third-order valence-corrected chi connectivity index (χ3v) is 6.33. The number of halogens is 4. The average molecular weight is 401 g/mol. The van der Waals surface area contributed by atoms with Crippen LogP contribution in [0.15, 0.2) is 18.2 Å². The molecule has 0 spiro atoms. The van der Waals surface area contributed by atoms with Crippen LogP contribution in [0.25, 0.3) is 0 Å². The van der Waals surface area contributed by atoms with Crippen LogP contribution in [0.2, 0.25) is 0 Å². The van der Waals surface area contributed by atoms with Gasteiger partial charge in [-0.15, -0.1) is 0 Å². The quantitative estimate of drug-likeness (QED) is 0.257. The number of hydrogen-bond donors (Lipinski definition) is 0. The van der Waals surface area contributed by atoms with Gasteiger partial charge < -0.3 is 0 Å². The Hall–Kier alpha value is -1.06. The molecule has 1 saturated carbocycles. The number of benzene rings is 1. The predicted molar refractivity (Wildman–Crippen MR) is 108 cm³/mol. The van der Waals surface area contributed by atoms with Crippen molar-refractivity contribution >= 4 is 0 Å². The van der Waals surface area contributed by atoms with Crippen LogP contribution in [0.3, 0.4) is 0 Å². The predicted octanol–water partition coefficient (Wildman–Crippen LogP) is 9.04. The molecule has 0 radical (unpaired) electrons. The highest BCUT2D eigenvalue weighted by atomic mass is 19.4. The maximum Gasteiger partial charge on any atom is 0.416 e. The summed E-state index contributed by atoms with van der Waals surface area (Å²) in [4.78, 5) is 0. The van der Waals surface area contributed by atoms with Crippen molar-refractivity contribution in [3.8, 4) is 0 Å². The van der Waals surface area contributed by atoms with Crippen LogP contribution in [0.4, 0.5) is 17.6 Å². The topological polar surface area (TPSA) is 0 Å². The van der Waals surface area contributed by atoms with Gasteiger partial charge in [-0.25, -0.2) is 4.39 Å². The van der Waals surface area contributed by atoms with Crippen molar-refractivity contribution in [1.29, 1.82) is 0 Å². The lowest BCUT2D eigenvalue weighted by atomic mass is 9.76. The van der Waals surface area contributed by atoms with E-state index in [1.165, 1.54) is 70.3 Å². The molecule has 2 rings (SSSR count). The minimum atomic E-state index is -4.48. The van der Waals surface area contributed by atoms with E-state index in [1.807, 2.05) is 0 Å². The summed E-state index contributed by atoms with van der Waals surface area (Å²) in [7, 11) is 0. The fourth-order valence-electron chi connectivity index (χ4n) is 4.54. The Labute approximate surface area is 168 Å². The molecule has 160 valence electrons. The molecule has 0 nitrogen and oxygen atoms in total. The normalized spacial score (nSPS) is 20.5. The van der Waals surface area contributed by atoms with Gasteiger partial charge in [0.05, 0.1) is 5.56 Å². The number of unbranched alkanes of at least 4 members (excludes halogenated alkanes) is 8. The van der Waals surface area contributed by atoms with E-state index in [1.54, 1.807) is 0 Å². The van der Waals surface area contributed by atoms with Gasteiger partial charge in [0.25, 0.3) is 0 Å². The van der Waals surface area contributed by atoms with Gasteiger partial charge in [0.1, 0.15) is 5.82 Å². The van der Waals surface area contributed by atoms with E-state index in [0.717, 1.165) is 31.7 Å². The van der Waals surface area contributed by atoms with Gasteiger partial charge in [0, 0.05) is 0 Å². The maximum atomic E-state index is 14.2. The number of rotatable bonds is 11. The van der Waals surface area contributed by atoms with Crippen molar-refractivity contribution in [1.82, 2.24) is 0 Å². The first-order valence-electron chi connectivity index (χ1n) is 11.3. The summed E-state index contributed by atoms with van der Waals surface area (Å²) in [5.41, 5.74) is -0.428. The maximum absolute atomic E-state index is 14.2. The second-order valence-corrected chi connectivity index (χ2v) is 8.57. The first-order valence-corrected chi connectivity index (χ1v) is 11.3. The van der Waals surface area contributed by atoms with E-state index in [-0.39, 0.29) is 5.92 Å². The van der Waals surface area contributed by atoms with Crippen molar-refractivity contribution in [2.45, 2.75) is 109 Å². The Balaban J connectivity index is 1.63. The zero-order chi connectivity index (χ0) is 20.4. The highest BCUT2D eigenvalue weighted by molar-refractivity contribution is 5.29. The van der Waals surface area contributed by atoms with E-state index < -0.39 is 17.6 Å². The lowest BCUT2D eigenvalue weighted by Gasteiger charge is -2.29.